The Kier molecular flexibility index (Phi) is 11.1. The number of benzene rings is 1. The van der Waals surface area contributed by atoms with E-state index < -0.39 is 0 Å². The molecule has 0 amide bonds. The lowest BCUT2D eigenvalue weighted by Gasteiger charge is -2.31. The van der Waals surface area contributed by atoms with Crippen molar-refractivity contribution in [2.75, 3.05) is 7.11 Å². The summed E-state index contributed by atoms with van der Waals surface area (Å²) in [7, 11) is 1.69. The predicted octanol–water partition coefficient (Wildman–Crippen LogP) is 7.19. The second-order valence-electron chi connectivity index (χ2n) is 8.27. The lowest BCUT2D eigenvalue weighted by molar-refractivity contribution is -0.151. The van der Waals surface area contributed by atoms with Crippen molar-refractivity contribution in [2.45, 2.75) is 109 Å². The van der Waals surface area contributed by atoms with E-state index in [9.17, 15) is 4.79 Å². The Labute approximate surface area is 172 Å². The van der Waals surface area contributed by atoms with Gasteiger partial charge in [-0.2, -0.15) is 0 Å². The molecule has 28 heavy (non-hydrogen) atoms. The lowest BCUT2D eigenvalue weighted by Crippen LogP contribution is -2.28. The van der Waals surface area contributed by atoms with E-state index in [4.69, 9.17) is 9.47 Å². The van der Waals surface area contributed by atoms with E-state index in [1.165, 1.54) is 56.9 Å². The van der Waals surface area contributed by atoms with Gasteiger partial charge in [-0.1, -0.05) is 76.8 Å². The van der Waals surface area contributed by atoms with Crippen LogP contribution in [0, 0.1) is 0 Å². The fraction of sp³-hybridized carbons (Fsp3) is 0.720. The molecule has 0 bridgehead atoms. The fourth-order valence-electron chi connectivity index (χ4n) is 4.28. The quantitative estimate of drug-likeness (QED) is 0.265. The first-order valence-electron chi connectivity index (χ1n) is 11.6. The number of hydrogen-bond donors (Lipinski definition) is 0. The minimum Gasteiger partial charge on any atom is -0.497 e. The van der Waals surface area contributed by atoms with Crippen LogP contribution < -0.4 is 4.74 Å². The highest BCUT2D eigenvalue weighted by Crippen LogP contribution is 2.36. The summed E-state index contributed by atoms with van der Waals surface area (Å²) in [5, 5.41) is 0. The van der Waals surface area contributed by atoms with Crippen LogP contribution >= 0.6 is 0 Å². The average molecular weight is 389 g/mol. The summed E-state index contributed by atoms with van der Waals surface area (Å²) in [6.07, 6.45) is 16.5. The molecule has 0 radical (unpaired) electrons. The maximum Gasteiger partial charge on any atom is 0.306 e. The zero-order chi connectivity index (χ0) is 20.0. The molecule has 0 N–H and O–H groups in total. The first-order valence-corrected chi connectivity index (χ1v) is 11.6. The molecule has 3 heteroatoms. The minimum absolute atomic E-state index is 0.00615. The molecule has 0 spiro atoms. The molecule has 1 aliphatic rings. The van der Waals surface area contributed by atoms with E-state index in [0.717, 1.165) is 37.9 Å². The molecule has 0 aromatic heterocycles. The molecule has 3 nitrogen and oxygen atoms in total. The molecule has 1 aliphatic carbocycles. The van der Waals surface area contributed by atoms with Gasteiger partial charge < -0.3 is 9.47 Å². The standard InChI is InChI=1S/C25H40O3/c1-3-4-5-6-7-8-9-10-11-16-25(26)28-24-15-13-12-14-23(24)21-17-19-22(27-2)20-18-21/h17-20,23-24H,3-16H2,1-2H3/t23-,24+/m1/s1. The Morgan fingerprint density at radius 3 is 2.14 bits per heavy atom. The molecule has 1 fully saturated rings. The fourth-order valence-corrected chi connectivity index (χ4v) is 4.28. The predicted molar refractivity (Wildman–Crippen MR) is 116 cm³/mol. The largest absolute Gasteiger partial charge is 0.497 e. The van der Waals surface area contributed by atoms with Gasteiger partial charge in [-0.15, -0.1) is 0 Å². The van der Waals surface area contributed by atoms with Crippen LogP contribution in [0.1, 0.15) is 108 Å². The van der Waals surface area contributed by atoms with Gasteiger partial charge in [0.2, 0.25) is 0 Å². The molecule has 0 heterocycles. The van der Waals surface area contributed by atoms with E-state index in [-0.39, 0.29) is 12.1 Å². The smallest absolute Gasteiger partial charge is 0.306 e. The second kappa shape index (κ2) is 13.6. The normalized spacial score (nSPS) is 19.4. The number of carbonyl (C=O) groups is 1. The molecule has 1 aromatic carbocycles. The maximum absolute atomic E-state index is 12.4. The minimum atomic E-state index is -0.00615. The Hall–Kier alpha value is -1.51. The maximum atomic E-state index is 12.4. The third-order valence-electron chi connectivity index (χ3n) is 6.01. The average Bonchev–Trinajstić information content (AvgIpc) is 2.73. The Bertz CT molecular complexity index is 537. The Morgan fingerprint density at radius 2 is 1.50 bits per heavy atom. The Balaban J connectivity index is 1.66. The third kappa shape index (κ3) is 8.24. The number of methoxy groups -OCH3 is 1. The monoisotopic (exact) mass is 388 g/mol. The summed E-state index contributed by atoms with van der Waals surface area (Å²) in [4.78, 5) is 12.4. The van der Waals surface area contributed by atoms with Crippen molar-refractivity contribution in [1.29, 1.82) is 0 Å². The molecule has 1 saturated carbocycles. The molecular weight excluding hydrogens is 348 g/mol. The molecule has 1 aromatic rings. The van der Waals surface area contributed by atoms with E-state index in [2.05, 4.69) is 19.1 Å². The van der Waals surface area contributed by atoms with Gasteiger partial charge in [-0.05, 0) is 43.4 Å². The molecular formula is C25H40O3. The summed E-state index contributed by atoms with van der Waals surface area (Å²) in [5.41, 5.74) is 1.27. The van der Waals surface area contributed by atoms with E-state index in [0.29, 0.717) is 12.3 Å². The van der Waals surface area contributed by atoms with Gasteiger partial charge in [0.15, 0.2) is 0 Å². The van der Waals surface area contributed by atoms with E-state index in [1.807, 2.05) is 12.1 Å². The number of unbranched alkanes of at least 4 members (excludes halogenated alkanes) is 8. The molecule has 0 unspecified atom stereocenters. The zero-order valence-corrected chi connectivity index (χ0v) is 18.1. The lowest BCUT2D eigenvalue weighted by atomic mass is 9.81. The van der Waals surface area contributed by atoms with Crippen molar-refractivity contribution in [2.24, 2.45) is 0 Å². The van der Waals surface area contributed by atoms with E-state index >= 15 is 0 Å². The first kappa shape index (κ1) is 22.8. The number of carbonyl (C=O) groups excluding carboxylic acids is 1. The highest BCUT2D eigenvalue weighted by molar-refractivity contribution is 5.69. The van der Waals surface area contributed by atoms with Crippen molar-refractivity contribution in [1.82, 2.24) is 0 Å². The number of hydrogen-bond acceptors (Lipinski definition) is 3. The van der Waals surface area contributed by atoms with Gasteiger partial charge in [0.25, 0.3) is 0 Å². The van der Waals surface area contributed by atoms with Gasteiger partial charge >= 0.3 is 5.97 Å². The van der Waals surface area contributed by atoms with Crippen LogP contribution in [0.2, 0.25) is 0 Å². The van der Waals surface area contributed by atoms with Gasteiger partial charge in [0.1, 0.15) is 11.9 Å². The molecule has 158 valence electrons. The summed E-state index contributed by atoms with van der Waals surface area (Å²) >= 11 is 0. The highest BCUT2D eigenvalue weighted by Gasteiger charge is 2.29. The van der Waals surface area contributed by atoms with Crippen molar-refractivity contribution in [3.8, 4) is 5.75 Å². The van der Waals surface area contributed by atoms with Crippen LogP contribution in [-0.4, -0.2) is 19.2 Å². The van der Waals surface area contributed by atoms with Gasteiger partial charge in [0.05, 0.1) is 7.11 Å². The SMILES string of the molecule is CCCCCCCCCCCC(=O)O[C@H]1CCCC[C@@H]1c1ccc(OC)cc1. The van der Waals surface area contributed by atoms with Gasteiger partial charge in [0, 0.05) is 12.3 Å². The molecule has 2 rings (SSSR count). The van der Waals surface area contributed by atoms with E-state index in [1.54, 1.807) is 7.11 Å². The van der Waals surface area contributed by atoms with Crippen LogP contribution in [0.3, 0.4) is 0 Å². The van der Waals surface area contributed by atoms with Gasteiger partial charge in [-0.3, -0.25) is 4.79 Å². The van der Waals surface area contributed by atoms with Crippen molar-refractivity contribution < 1.29 is 14.3 Å². The van der Waals surface area contributed by atoms with Crippen LogP contribution in [-0.2, 0) is 9.53 Å². The number of esters is 1. The van der Waals surface area contributed by atoms with Crippen LogP contribution in [0.15, 0.2) is 24.3 Å². The summed E-state index contributed by atoms with van der Waals surface area (Å²) in [6, 6.07) is 8.25. The number of ether oxygens (including phenoxy) is 2. The Morgan fingerprint density at radius 1 is 0.893 bits per heavy atom. The molecule has 0 aliphatic heterocycles. The summed E-state index contributed by atoms with van der Waals surface area (Å²) in [5.74, 6) is 1.19. The third-order valence-corrected chi connectivity index (χ3v) is 6.01. The highest BCUT2D eigenvalue weighted by atomic mass is 16.5. The molecule has 0 saturated heterocycles. The van der Waals surface area contributed by atoms with Gasteiger partial charge in [-0.25, -0.2) is 0 Å². The first-order chi connectivity index (χ1) is 13.7. The van der Waals surface area contributed by atoms with Crippen molar-refractivity contribution in [3.63, 3.8) is 0 Å². The second-order valence-corrected chi connectivity index (χ2v) is 8.27. The summed E-state index contributed by atoms with van der Waals surface area (Å²) < 4.78 is 11.2. The number of rotatable bonds is 13. The zero-order valence-electron chi connectivity index (χ0n) is 18.1. The van der Waals surface area contributed by atoms with Crippen LogP contribution in [0.5, 0.6) is 5.75 Å². The topological polar surface area (TPSA) is 35.5 Å². The summed E-state index contributed by atoms with van der Waals surface area (Å²) in [6.45, 7) is 2.26. The van der Waals surface area contributed by atoms with Crippen LogP contribution in [0.25, 0.3) is 0 Å². The van der Waals surface area contributed by atoms with Crippen molar-refractivity contribution >= 4 is 5.97 Å². The van der Waals surface area contributed by atoms with Crippen molar-refractivity contribution in [3.05, 3.63) is 29.8 Å². The molecule has 2 atom stereocenters. The van der Waals surface area contributed by atoms with Crippen LogP contribution in [0.4, 0.5) is 0 Å².